The maximum absolute atomic E-state index is 12.8. The molecule has 0 bridgehead atoms. The van der Waals surface area contributed by atoms with Crippen molar-refractivity contribution in [1.29, 1.82) is 0 Å². The van der Waals surface area contributed by atoms with Crippen molar-refractivity contribution in [3.8, 4) is 17.2 Å². The summed E-state index contributed by atoms with van der Waals surface area (Å²) in [6.45, 7) is 4.14. The molecule has 148 valence electrons. The lowest BCUT2D eigenvalue weighted by Crippen LogP contribution is -2.48. The van der Waals surface area contributed by atoms with Crippen molar-refractivity contribution in [3.05, 3.63) is 72.1 Å². The second-order valence-electron chi connectivity index (χ2n) is 7.27. The van der Waals surface area contributed by atoms with Crippen molar-refractivity contribution in [2.45, 2.75) is 6.54 Å². The predicted octanol–water partition coefficient (Wildman–Crippen LogP) is 2.56. The molecule has 1 amide bonds. The van der Waals surface area contributed by atoms with Gasteiger partial charge in [-0.1, -0.05) is 18.2 Å². The van der Waals surface area contributed by atoms with E-state index in [-0.39, 0.29) is 12.7 Å². The van der Waals surface area contributed by atoms with Gasteiger partial charge in [-0.15, -0.1) is 0 Å². The first-order valence-electron chi connectivity index (χ1n) is 9.76. The fourth-order valence-corrected chi connectivity index (χ4v) is 3.74. The lowest BCUT2D eigenvalue weighted by atomic mass is 10.1. The number of nitrogens with zero attached hydrogens (tertiary/aromatic N) is 4. The molecule has 2 aliphatic rings. The molecule has 3 aromatic rings. The molecular weight excluding hydrogens is 368 g/mol. The second-order valence-corrected chi connectivity index (χ2v) is 7.27. The number of para-hydroxylation sites is 1. The van der Waals surface area contributed by atoms with E-state index in [9.17, 15) is 4.79 Å². The Morgan fingerprint density at radius 2 is 1.76 bits per heavy atom. The fourth-order valence-electron chi connectivity index (χ4n) is 3.74. The van der Waals surface area contributed by atoms with Crippen molar-refractivity contribution in [2.24, 2.45) is 0 Å². The van der Waals surface area contributed by atoms with E-state index >= 15 is 0 Å². The highest BCUT2D eigenvalue weighted by molar-refractivity contribution is 5.95. The molecule has 0 radical (unpaired) electrons. The van der Waals surface area contributed by atoms with Gasteiger partial charge in [-0.2, -0.15) is 5.10 Å². The summed E-state index contributed by atoms with van der Waals surface area (Å²) in [5, 5.41) is 4.47. The Morgan fingerprint density at radius 1 is 0.966 bits per heavy atom. The SMILES string of the molecule is O=C(c1ccc2c(c1)OCO2)N1CCN(Cc2cnn(-c3ccccc3)c2)CC1. The van der Waals surface area contributed by atoms with E-state index in [1.807, 2.05) is 46.1 Å². The zero-order chi connectivity index (χ0) is 19.6. The molecule has 1 fully saturated rings. The average molecular weight is 390 g/mol. The largest absolute Gasteiger partial charge is 0.454 e. The van der Waals surface area contributed by atoms with Gasteiger partial charge >= 0.3 is 0 Å². The smallest absolute Gasteiger partial charge is 0.254 e. The maximum atomic E-state index is 12.8. The molecule has 7 nitrogen and oxygen atoms in total. The Bertz CT molecular complexity index is 1010. The van der Waals surface area contributed by atoms with E-state index < -0.39 is 0 Å². The van der Waals surface area contributed by atoms with Gasteiger partial charge in [-0.05, 0) is 30.3 Å². The summed E-state index contributed by atoms with van der Waals surface area (Å²) in [4.78, 5) is 17.1. The van der Waals surface area contributed by atoms with E-state index in [4.69, 9.17) is 9.47 Å². The Kier molecular flexibility index (Phi) is 4.65. The maximum Gasteiger partial charge on any atom is 0.254 e. The molecule has 1 saturated heterocycles. The van der Waals surface area contributed by atoms with Crippen LogP contribution in [0.4, 0.5) is 0 Å². The molecular formula is C22H22N4O3. The molecule has 2 aromatic carbocycles. The summed E-state index contributed by atoms with van der Waals surface area (Å²) < 4.78 is 12.6. The molecule has 29 heavy (non-hydrogen) atoms. The summed E-state index contributed by atoms with van der Waals surface area (Å²) in [7, 11) is 0. The number of hydrogen-bond acceptors (Lipinski definition) is 5. The number of benzene rings is 2. The second kappa shape index (κ2) is 7.60. The van der Waals surface area contributed by atoms with Crippen molar-refractivity contribution in [1.82, 2.24) is 19.6 Å². The van der Waals surface area contributed by atoms with Crippen LogP contribution in [0.1, 0.15) is 15.9 Å². The minimum atomic E-state index is 0.0415. The van der Waals surface area contributed by atoms with E-state index in [1.165, 1.54) is 5.56 Å². The highest BCUT2D eigenvalue weighted by Crippen LogP contribution is 2.32. The number of ether oxygens (including phenoxy) is 2. The van der Waals surface area contributed by atoms with Crippen LogP contribution in [-0.4, -0.2) is 58.5 Å². The molecule has 0 unspecified atom stereocenters. The number of carbonyl (C=O) groups excluding carboxylic acids is 1. The Labute approximate surface area is 169 Å². The number of hydrogen-bond donors (Lipinski definition) is 0. The first-order chi connectivity index (χ1) is 14.3. The van der Waals surface area contributed by atoms with Crippen LogP contribution in [0.2, 0.25) is 0 Å². The van der Waals surface area contributed by atoms with E-state index in [2.05, 4.69) is 16.2 Å². The van der Waals surface area contributed by atoms with E-state index in [0.29, 0.717) is 30.2 Å². The van der Waals surface area contributed by atoms with E-state index in [0.717, 1.165) is 25.3 Å². The molecule has 0 N–H and O–H groups in total. The van der Waals surface area contributed by atoms with Gasteiger partial charge < -0.3 is 14.4 Å². The highest BCUT2D eigenvalue weighted by atomic mass is 16.7. The number of rotatable bonds is 4. The van der Waals surface area contributed by atoms with Gasteiger partial charge in [0.15, 0.2) is 11.5 Å². The Morgan fingerprint density at radius 3 is 2.59 bits per heavy atom. The minimum Gasteiger partial charge on any atom is -0.454 e. The first-order valence-corrected chi connectivity index (χ1v) is 9.76. The van der Waals surface area contributed by atoms with Crippen LogP contribution in [0, 0.1) is 0 Å². The standard InChI is InChI=1S/C22H22N4O3/c27-22(18-6-7-20-21(12-18)29-16-28-20)25-10-8-24(9-11-25)14-17-13-23-26(15-17)19-4-2-1-3-5-19/h1-7,12-13,15H,8-11,14,16H2. The molecule has 1 aromatic heterocycles. The monoisotopic (exact) mass is 390 g/mol. The number of amides is 1. The lowest BCUT2D eigenvalue weighted by Gasteiger charge is -2.34. The number of carbonyl (C=O) groups is 1. The van der Waals surface area contributed by atoms with Crippen molar-refractivity contribution in [2.75, 3.05) is 33.0 Å². The predicted molar refractivity (Wildman–Crippen MR) is 107 cm³/mol. The molecule has 0 saturated carbocycles. The van der Waals surface area contributed by atoms with Crippen molar-refractivity contribution < 1.29 is 14.3 Å². The van der Waals surface area contributed by atoms with Crippen LogP contribution in [0.15, 0.2) is 60.9 Å². The van der Waals surface area contributed by atoms with E-state index in [1.54, 1.807) is 18.2 Å². The van der Waals surface area contributed by atoms with Gasteiger partial charge in [0, 0.05) is 50.0 Å². The summed E-state index contributed by atoms with van der Waals surface area (Å²) in [6, 6.07) is 15.5. The normalized spacial score (nSPS) is 16.2. The van der Waals surface area contributed by atoms with Gasteiger partial charge in [0.05, 0.1) is 11.9 Å². The molecule has 0 spiro atoms. The lowest BCUT2D eigenvalue weighted by molar-refractivity contribution is 0.0628. The van der Waals surface area contributed by atoms with Gasteiger partial charge in [-0.3, -0.25) is 9.69 Å². The number of aromatic nitrogens is 2. The summed E-state index contributed by atoms with van der Waals surface area (Å²) in [5.41, 5.74) is 2.87. The van der Waals surface area contributed by atoms with Crippen LogP contribution in [0.3, 0.4) is 0 Å². The topological polar surface area (TPSA) is 59.8 Å². The third-order valence-corrected chi connectivity index (χ3v) is 5.34. The van der Waals surface area contributed by atoms with Gasteiger partial charge in [0.1, 0.15) is 0 Å². The Balaban J connectivity index is 1.18. The molecule has 0 atom stereocenters. The van der Waals surface area contributed by atoms with Gasteiger partial charge in [0.2, 0.25) is 6.79 Å². The van der Waals surface area contributed by atoms with Crippen LogP contribution in [0.25, 0.3) is 5.69 Å². The van der Waals surface area contributed by atoms with Crippen molar-refractivity contribution in [3.63, 3.8) is 0 Å². The molecule has 5 rings (SSSR count). The minimum absolute atomic E-state index is 0.0415. The van der Waals surface area contributed by atoms with Crippen LogP contribution < -0.4 is 9.47 Å². The summed E-state index contributed by atoms with van der Waals surface area (Å²) in [6.07, 6.45) is 3.98. The third kappa shape index (κ3) is 3.69. The van der Waals surface area contributed by atoms with Crippen LogP contribution in [0.5, 0.6) is 11.5 Å². The van der Waals surface area contributed by atoms with Gasteiger partial charge in [0.25, 0.3) is 5.91 Å². The summed E-state index contributed by atoms with van der Waals surface area (Å²) in [5.74, 6) is 1.38. The highest BCUT2D eigenvalue weighted by Gasteiger charge is 2.24. The fraction of sp³-hybridized carbons (Fsp3) is 0.273. The van der Waals surface area contributed by atoms with Crippen molar-refractivity contribution >= 4 is 5.91 Å². The Hall–Kier alpha value is -3.32. The molecule has 2 aliphatic heterocycles. The third-order valence-electron chi connectivity index (χ3n) is 5.34. The van der Waals surface area contributed by atoms with Gasteiger partial charge in [-0.25, -0.2) is 4.68 Å². The average Bonchev–Trinajstić information content (AvgIpc) is 3.43. The first kappa shape index (κ1) is 17.8. The zero-order valence-corrected chi connectivity index (χ0v) is 16.0. The molecule has 3 heterocycles. The quantitative estimate of drug-likeness (QED) is 0.685. The number of fused-ring (bicyclic) bond motifs is 1. The zero-order valence-electron chi connectivity index (χ0n) is 16.0. The van der Waals surface area contributed by atoms with Crippen LogP contribution in [-0.2, 0) is 6.54 Å². The van der Waals surface area contributed by atoms with Crippen LogP contribution >= 0.6 is 0 Å². The molecule has 0 aliphatic carbocycles. The summed E-state index contributed by atoms with van der Waals surface area (Å²) >= 11 is 0. The molecule has 7 heteroatoms. The number of piperazine rings is 1.